The number of carbonyl (C=O) groups is 2. The van der Waals surface area contributed by atoms with Crippen molar-refractivity contribution in [1.29, 1.82) is 0 Å². The van der Waals surface area contributed by atoms with Crippen molar-refractivity contribution in [2.24, 2.45) is 0 Å². The summed E-state index contributed by atoms with van der Waals surface area (Å²) in [4.78, 5) is 28.0. The van der Waals surface area contributed by atoms with Crippen molar-refractivity contribution in [2.75, 3.05) is 17.3 Å². The quantitative estimate of drug-likeness (QED) is 0.653. The highest BCUT2D eigenvalue weighted by Gasteiger charge is 2.39. The number of ether oxygens (including phenoxy) is 1. The fraction of sp³-hybridized carbons (Fsp3) is 0.273. The van der Waals surface area contributed by atoms with Crippen molar-refractivity contribution in [3.05, 3.63) is 64.6 Å². The number of aryl methyl sites for hydroxylation is 1. The molecule has 0 unspecified atom stereocenters. The first-order valence-corrected chi connectivity index (χ1v) is 10.2. The second-order valence-electron chi connectivity index (χ2n) is 6.06. The van der Waals surface area contributed by atoms with Crippen LogP contribution in [0.3, 0.4) is 0 Å². The Kier molecular flexibility index (Phi) is 6.01. The first kappa shape index (κ1) is 19.2. The summed E-state index contributed by atoms with van der Waals surface area (Å²) in [5, 5.41) is 0. The van der Waals surface area contributed by atoms with E-state index < -0.39 is 0 Å². The van der Waals surface area contributed by atoms with E-state index in [1.807, 2.05) is 62.4 Å². The Morgan fingerprint density at radius 1 is 0.889 bits per heavy atom. The van der Waals surface area contributed by atoms with Crippen LogP contribution in [0.4, 0.5) is 5.69 Å². The normalized spacial score (nSPS) is 14.3. The van der Waals surface area contributed by atoms with Gasteiger partial charge in [0.25, 0.3) is 11.8 Å². The second-order valence-corrected chi connectivity index (χ2v) is 7.33. The third-order valence-electron chi connectivity index (χ3n) is 4.39. The molecule has 0 bridgehead atoms. The van der Waals surface area contributed by atoms with E-state index >= 15 is 0 Å². The number of benzene rings is 2. The van der Waals surface area contributed by atoms with Crippen LogP contribution < -0.4 is 9.64 Å². The molecule has 1 aliphatic rings. The molecular weight excluding hydrogens is 358 g/mol. The van der Waals surface area contributed by atoms with Gasteiger partial charge in [0, 0.05) is 0 Å². The molecule has 2 aromatic rings. The van der Waals surface area contributed by atoms with Crippen LogP contribution in [0.15, 0.2) is 53.4 Å². The van der Waals surface area contributed by atoms with E-state index in [4.69, 9.17) is 4.74 Å². The third kappa shape index (κ3) is 3.78. The summed E-state index contributed by atoms with van der Waals surface area (Å²) in [5.41, 5.74) is 2.98. The molecule has 0 aliphatic carbocycles. The molecule has 140 valence electrons. The first-order chi connectivity index (χ1) is 13.1. The number of thioether (sulfide) groups is 1. The maximum absolute atomic E-state index is 13.2. The van der Waals surface area contributed by atoms with Crippen molar-refractivity contribution in [1.82, 2.24) is 0 Å². The summed E-state index contributed by atoms with van der Waals surface area (Å²) in [7, 11) is 0. The standard InChI is InChI=1S/C22H23NO3S/c1-4-15-7-11-17(12-8-15)23-21(24)19(20(22(23)25)27-6-3)16-9-13-18(14-10-16)26-5-2/h7-14H,4-6H2,1-3H3. The van der Waals surface area contributed by atoms with E-state index in [0.717, 1.165) is 23.5 Å². The molecule has 0 radical (unpaired) electrons. The summed E-state index contributed by atoms with van der Waals surface area (Å²) in [6.45, 7) is 6.55. The molecule has 0 aromatic heterocycles. The predicted octanol–water partition coefficient (Wildman–Crippen LogP) is 4.69. The number of nitrogens with zero attached hydrogens (tertiary/aromatic N) is 1. The summed E-state index contributed by atoms with van der Waals surface area (Å²) in [5.74, 6) is 0.942. The summed E-state index contributed by atoms with van der Waals surface area (Å²) >= 11 is 1.41. The van der Waals surface area contributed by atoms with Crippen molar-refractivity contribution >= 4 is 34.8 Å². The van der Waals surface area contributed by atoms with Crippen molar-refractivity contribution < 1.29 is 14.3 Å². The zero-order valence-corrected chi connectivity index (χ0v) is 16.6. The Morgan fingerprint density at radius 3 is 2.11 bits per heavy atom. The number of hydrogen-bond acceptors (Lipinski definition) is 4. The molecule has 0 fully saturated rings. The molecule has 0 saturated carbocycles. The van der Waals surface area contributed by atoms with Crippen LogP contribution in [0.1, 0.15) is 31.9 Å². The minimum absolute atomic E-state index is 0.250. The van der Waals surface area contributed by atoms with E-state index in [9.17, 15) is 9.59 Å². The van der Waals surface area contributed by atoms with Gasteiger partial charge in [0.15, 0.2) is 0 Å². The van der Waals surface area contributed by atoms with Gasteiger partial charge in [0.2, 0.25) is 0 Å². The maximum Gasteiger partial charge on any atom is 0.272 e. The van der Waals surface area contributed by atoms with Gasteiger partial charge in [-0.15, -0.1) is 11.8 Å². The van der Waals surface area contributed by atoms with Crippen LogP contribution in [0.25, 0.3) is 5.57 Å². The molecule has 0 spiro atoms. The molecule has 2 amide bonds. The number of amides is 2. The smallest absolute Gasteiger partial charge is 0.272 e. The summed E-state index contributed by atoms with van der Waals surface area (Å²) in [6, 6.07) is 14.9. The lowest BCUT2D eigenvalue weighted by molar-refractivity contribution is -0.119. The first-order valence-electron chi connectivity index (χ1n) is 9.18. The molecular formula is C22H23NO3S. The van der Waals surface area contributed by atoms with Gasteiger partial charge in [0.1, 0.15) is 5.75 Å². The van der Waals surface area contributed by atoms with Crippen molar-refractivity contribution in [2.45, 2.75) is 27.2 Å². The SMILES string of the molecule is CCOc1ccc(C2=C(SCC)C(=O)N(c3ccc(CC)cc3)C2=O)cc1. The topological polar surface area (TPSA) is 46.6 Å². The Labute approximate surface area is 164 Å². The van der Waals surface area contributed by atoms with Crippen LogP contribution >= 0.6 is 11.8 Å². The van der Waals surface area contributed by atoms with E-state index in [-0.39, 0.29) is 11.8 Å². The van der Waals surface area contributed by atoms with E-state index in [1.165, 1.54) is 22.2 Å². The van der Waals surface area contributed by atoms with E-state index in [1.54, 1.807) is 0 Å². The highest BCUT2D eigenvalue weighted by molar-refractivity contribution is 8.04. The number of anilines is 1. The zero-order valence-electron chi connectivity index (χ0n) is 15.8. The summed E-state index contributed by atoms with van der Waals surface area (Å²) < 4.78 is 5.47. The molecule has 1 heterocycles. The lowest BCUT2D eigenvalue weighted by atomic mass is 10.1. The van der Waals surface area contributed by atoms with E-state index in [0.29, 0.717) is 22.8 Å². The molecule has 3 rings (SSSR count). The zero-order chi connectivity index (χ0) is 19.4. The van der Waals surface area contributed by atoms with Gasteiger partial charge in [-0.2, -0.15) is 0 Å². The number of rotatable bonds is 7. The van der Waals surface area contributed by atoms with Crippen LogP contribution in [0.2, 0.25) is 0 Å². The van der Waals surface area contributed by atoms with E-state index in [2.05, 4.69) is 6.92 Å². The van der Waals surface area contributed by atoms with Crippen LogP contribution in [0.5, 0.6) is 5.75 Å². The van der Waals surface area contributed by atoms with Crippen molar-refractivity contribution in [3.8, 4) is 5.75 Å². The van der Waals surface area contributed by atoms with Crippen LogP contribution in [-0.2, 0) is 16.0 Å². The Morgan fingerprint density at radius 2 is 1.56 bits per heavy atom. The van der Waals surface area contributed by atoms with Crippen LogP contribution in [-0.4, -0.2) is 24.2 Å². The van der Waals surface area contributed by atoms with Gasteiger partial charge in [-0.05, 0) is 54.5 Å². The largest absolute Gasteiger partial charge is 0.494 e. The molecule has 1 aliphatic heterocycles. The van der Waals surface area contributed by atoms with Crippen LogP contribution in [0, 0.1) is 0 Å². The minimum atomic E-state index is -0.274. The monoisotopic (exact) mass is 381 g/mol. The average molecular weight is 381 g/mol. The average Bonchev–Trinajstić information content (AvgIpc) is 2.93. The van der Waals surface area contributed by atoms with Gasteiger partial charge in [-0.25, -0.2) is 4.90 Å². The van der Waals surface area contributed by atoms with Gasteiger partial charge in [-0.1, -0.05) is 38.1 Å². The van der Waals surface area contributed by atoms with Gasteiger partial charge < -0.3 is 4.74 Å². The third-order valence-corrected chi connectivity index (χ3v) is 5.34. The molecule has 4 nitrogen and oxygen atoms in total. The second kappa shape index (κ2) is 8.44. The lowest BCUT2D eigenvalue weighted by Gasteiger charge is -2.15. The summed E-state index contributed by atoms with van der Waals surface area (Å²) in [6.07, 6.45) is 0.911. The van der Waals surface area contributed by atoms with Gasteiger partial charge in [0.05, 0.1) is 22.8 Å². The highest BCUT2D eigenvalue weighted by atomic mass is 32.2. The lowest BCUT2D eigenvalue weighted by Crippen LogP contribution is -2.31. The molecule has 0 saturated heterocycles. The number of imide groups is 1. The molecule has 5 heteroatoms. The predicted molar refractivity (Wildman–Crippen MR) is 111 cm³/mol. The minimum Gasteiger partial charge on any atom is -0.494 e. The Hall–Kier alpha value is -2.53. The fourth-order valence-electron chi connectivity index (χ4n) is 3.04. The molecule has 0 atom stereocenters. The highest BCUT2D eigenvalue weighted by Crippen LogP contribution is 2.38. The maximum atomic E-state index is 13.2. The fourth-order valence-corrected chi connectivity index (χ4v) is 3.90. The number of hydrogen-bond donors (Lipinski definition) is 0. The van der Waals surface area contributed by atoms with Gasteiger partial charge >= 0.3 is 0 Å². The molecule has 0 N–H and O–H groups in total. The Bertz CT molecular complexity index is 869. The molecule has 2 aromatic carbocycles. The Balaban J connectivity index is 1.99. The van der Waals surface area contributed by atoms with Gasteiger partial charge in [-0.3, -0.25) is 9.59 Å². The van der Waals surface area contributed by atoms with Crippen molar-refractivity contribution in [3.63, 3.8) is 0 Å². The molecule has 27 heavy (non-hydrogen) atoms. The number of carbonyl (C=O) groups excluding carboxylic acids is 2.